The first-order chi connectivity index (χ1) is 13.4. The molecule has 0 spiro atoms. The minimum absolute atomic E-state index is 0.525. The second-order valence-electron chi connectivity index (χ2n) is 8.41. The summed E-state index contributed by atoms with van der Waals surface area (Å²) in [5.74, 6) is 1.05. The smallest absolute Gasteiger partial charge is 0.219 e. The summed E-state index contributed by atoms with van der Waals surface area (Å²) in [6, 6.07) is 27.0. The van der Waals surface area contributed by atoms with Crippen LogP contribution in [0.3, 0.4) is 0 Å². The third kappa shape index (κ3) is 3.99. The molecular weight excluding hydrogens is 354 g/mol. The third-order valence-corrected chi connectivity index (χ3v) is 9.61. The van der Waals surface area contributed by atoms with E-state index in [0.717, 1.165) is 6.42 Å². The highest BCUT2D eigenvalue weighted by Gasteiger charge is 2.35. The molecule has 3 aromatic carbocycles. The second kappa shape index (κ2) is 8.46. The maximum absolute atomic E-state index is 7.34. The summed E-state index contributed by atoms with van der Waals surface area (Å²) < 4.78 is 0. The van der Waals surface area contributed by atoms with Gasteiger partial charge in [-0.3, -0.25) is 0 Å². The Morgan fingerprint density at radius 3 is 1.21 bits per heavy atom. The van der Waals surface area contributed by atoms with Crippen molar-refractivity contribution in [2.45, 2.75) is 52.9 Å². The predicted octanol–water partition coefficient (Wildman–Crippen LogP) is 4.42. The Balaban J connectivity index is 2.14. The molecule has 1 nitrogen and oxygen atoms in total. The van der Waals surface area contributed by atoms with Gasteiger partial charge in [0.2, 0.25) is 8.24 Å². The molecule has 0 radical (unpaired) electrons. The quantitative estimate of drug-likeness (QED) is 0.492. The fourth-order valence-corrected chi connectivity index (χ4v) is 6.84. The molecule has 2 N–H and O–H groups in total. The topological polar surface area (TPSA) is 26.0 Å². The lowest BCUT2D eigenvalue weighted by Crippen LogP contribution is -2.74. The van der Waals surface area contributed by atoms with Crippen LogP contribution in [0.25, 0.3) is 0 Å². The molecule has 3 rings (SSSR count). The van der Waals surface area contributed by atoms with E-state index in [-0.39, 0.29) is 0 Å². The molecule has 0 fully saturated rings. The summed E-state index contributed by atoms with van der Waals surface area (Å²) in [6.07, 6.45) is 1.05. The summed E-state index contributed by atoms with van der Waals surface area (Å²) in [6.45, 7) is 11.1. The Bertz CT molecular complexity index is 839. The van der Waals surface area contributed by atoms with Gasteiger partial charge in [0.25, 0.3) is 0 Å². The van der Waals surface area contributed by atoms with E-state index >= 15 is 0 Å². The summed E-state index contributed by atoms with van der Waals surface area (Å²) in [4.78, 5) is 0. The highest BCUT2D eigenvalue weighted by molar-refractivity contribution is 7.09. The van der Waals surface area contributed by atoms with Gasteiger partial charge in [-0.25, -0.2) is 0 Å². The fraction of sp³-hybridized carbons (Fsp3) is 0.308. The Morgan fingerprint density at radius 2 is 0.929 bits per heavy atom. The van der Waals surface area contributed by atoms with E-state index in [2.05, 4.69) is 107 Å². The van der Waals surface area contributed by atoms with Crippen molar-refractivity contribution >= 4 is 23.8 Å². The summed E-state index contributed by atoms with van der Waals surface area (Å²) in [5.41, 5.74) is 4.07. The number of rotatable bonds is 6. The SMILES string of the molecule is CCc1ccc([Si](N)(c2ccc(C(C)C)cc2)c2ccc(C(C)C)cc2)cc1. The number of nitrogens with two attached hydrogens (primary N) is 1. The molecule has 0 bridgehead atoms. The normalized spacial score (nSPS) is 12.0. The number of aryl methyl sites for hydroxylation is 1. The average Bonchev–Trinajstić information content (AvgIpc) is 2.73. The van der Waals surface area contributed by atoms with Crippen molar-refractivity contribution in [1.82, 2.24) is 0 Å². The van der Waals surface area contributed by atoms with Crippen LogP contribution >= 0.6 is 0 Å². The molecule has 2 heteroatoms. The van der Waals surface area contributed by atoms with Crippen molar-refractivity contribution in [3.8, 4) is 0 Å². The van der Waals surface area contributed by atoms with Crippen LogP contribution in [-0.4, -0.2) is 8.24 Å². The summed E-state index contributed by atoms with van der Waals surface area (Å²) >= 11 is 0. The first kappa shape index (κ1) is 20.6. The van der Waals surface area contributed by atoms with Crippen molar-refractivity contribution in [2.75, 3.05) is 0 Å². The van der Waals surface area contributed by atoms with Crippen LogP contribution in [0.15, 0.2) is 72.8 Å². The number of hydrogen-bond acceptors (Lipinski definition) is 1. The number of benzene rings is 3. The molecule has 0 aliphatic rings. The van der Waals surface area contributed by atoms with Gasteiger partial charge in [0.1, 0.15) is 0 Å². The predicted molar refractivity (Wildman–Crippen MR) is 126 cm³/mol. The van der Waals surface area contributed by atoms with Gasteiger partial charge in [0.15, 0.2) is 0 Å². The van der Waals surface area contributed by atoms with Gasteiger partial charge in [-0.1, -0.05) is 107 Å². The van der Waals surface area contributed by atoms with Gasteiger partial charge < -0.3 is 5.40 Å². The lowest BCUT2D eigenvalue weighted by atomic mass is 10.0. The molecule has 0 aliphatic carbocycles. The second-order valence-corrected chi connectivity index (χ2v) is 11.8. The van der Waals surface area contributed by atoms with Crippen LogP contribution in [0.5, 0.6) is 0 Å². The van der Waals surface area contributed by atoms with Crippen molar-refractivity contribution in [2.24, 2.45) is 5.40 Å². The lowest BCUT2D eigenvalue weighted by molar-refractivity contribution is 0.867. The monoisotopic (exact) mass is 387 g/mol. The van der Waals surface area contributed by atoms with Gasteiger partial charge in [0, 0.05) is 0 Å². The highest BCUT2D eigenvalue weighted by Crippen LogP contribution is 2.15. The molecule has 0 amide bonds. The average molecular weight is 388 g/mol. The first-order valence-corrected chi connectivity index (χ1v) is 12.5. The van der Waals surface area contributed by atoms with Crippen LogP contribution in [0.2, 0.25) is 0 Å². The summed E-state index contributed by atoms with van der Waals surface area (Å²) in [7, 11) is -2.53. The molecule has 0 aliphatic heterocycles. The van der Waals surface area contributed by atoms with Gasteiger partial charge in [-0.2, -0.15) is 0 Å². The van der Waals surface area contributed by atoms with Gasteiger partial charge >= 0.3 is 0 Å². The number of hydrogen-bond donors (Lipinski definition) is 1. The third-order valence-electron chi connectivity index (χ3n) is 5.88. The molecule has 146 valence electrons. The van der Waals surface area contributed by atoms with Gasteiger partial charge in [-0.15, -0.1) is 0 Å². The Labute approximate surface area is 171 Å². The van der Waals surface area contributed by atoms with E-state index in [1.807, 2.05) is 0 Å². The van der Waals surface area contributed by atoms with Crippen molar-refractivity contribution in [1.29, 1.82) is 0 Å². The van der Waals surface area contributed by atoms with E-state index in [1.165, 1.54) is 32.3 Å². The Hall–Kier alpha value is -2.16. The Morgan fingerprint density at radius 1 is 0.607 bits per heavy atom. The molecule has 0 heterocycles. The molecule has 0 aromatic heterocycles. The zero-order valence-electron chi connectivity index (χ0n) is 17.9. The van der Waals surface area contributed by atoms with Crippen LogP contribution in [0.1, 0.15) is 63.1 Å². The van der Waals surface area contributed by atoms with Crippen LogP contribution in [-0.2, 0) is 6.42 Å². The zero-order chi connectivity index (χ0) is 20.3. The standard InChI is InChI=1S/C26H33NSi/c1-6-21-7-13-24(14-8-21)28(27,25-15-9-22(10-16-25)19(2)3)26-17-11-23(12-18-26)20(4)5/h7-20H,6,27H2,1-5H3. The molecule has 28 heavy (non-hydrogen) atoms. The van der Waals surface area contributed by atoms with Crippen LogP contribution in [0.4, 0.5) is 0 Å². The molecule has 3 aromatic rings. The minimum Gasteiger partial charge on any atom is -0.340 e. The molecule has 0 saturated heterocycles. The Kier molecular flexibility index (Phi) is 6.22. The van der Waals surface area contributed by atoms with Crippen LogP contribution in [0, 0.1) is 0 Å². The van der Waals surface area contributed by atoms with Crippen molar-refractivity contribution in [3.05, 3.63) is 89.5 Å². The molecule has 0 unspecified atom stereocenters. The molecular formula is C26H33NSi. The summed E-state index contributed by atoms with van der Waals surface area (Å²) in [5, 5.41) is 11.1. The van der Waals surface area contributed by atoms with Crippen molar-refractivity contribution in [3.63, 3.8) is 0 Å². The van der Waals surface area contributed by atoms with Gasteiger partial charge in [-0.05, 0) is 50.5 Å². The van der Waals surface area contributed by atoms with E-state index < -0.39 is 8.24 Å². The van der Waals surface area contributed by atoms with Crippen LogP contribution < -0.4 is 21.0 Å². The lowest BCUT2D eigenvalue weighted by Gasteiger charge is -2.29. The molecule has 0 saturated carbocycles. The largest absolute Gasteiger partial charge is 0.340 e. The fourth-order valence-electron chi connectivity index (χ4n) is 3.77. The van der Waals surface area contributed by atoms with Crippen molar-refractivity contribution < 1.29 is 0 Å². The maximum atomic E-state index is 7.34. The van der Waals surface area contributed by atoms with E-state index in [0.29, 0.717) is 11.8 Å². The van der Waals surface area contributed by atoms with E-state index in [1.54, 1.807) is 0 Å². The van der Waals surface area contributed by atoms with Gasteiger partial charge in [0.05, 0.1) is 0 Å². The minimum atomic E-state index is -2.53. The first-order valence-electron chi connectivity index (χ1n) is 10.5. The van der Waals surface area contributed by atoms with E-state index in [4.69, 9.17) is 5.40 Å². The maximum Gasteiger partial charge on any atom is 0.219 e. The molecule has 0 atom stereocenters. The highest BCUT2D eigenvalue weighted by atomic mass is 28.3. The van der Waals surface area contributed by atoms with E-state index in [9.17, 15) is 0 Å². The zero-order valence-corrected chi connectivity index (χ0v) is 18.9.